The number of nitrogens with two attached hydrogens (primary N) is 1. The lowest BCUT2D eigenvalue weighted by Crippen LogP contribution is -2.29. The maximum atomic E-state index is 5.63. The van der Waals surface area contributed by atoms with E-state index in [1.54, 1.807) is 11.3 Å². The summed E-state index contributed by atoms with van der Waals surface area (Å²) in [6, 6.07) is 0. The van der Waals surface area contributed by atoms with Gasteiger partial charge in [0.05, 0.1) is 5.01 Å². The van der Waals surface area contributed by atoms with Gasteiger partial charge in [-0.2, -0.15) is 0 Å². The molecule has 0 aliphatic heterocycles. The quantitative estimate of drug-likeness (QED) is 0.695. The van der Waals surface area contributed by atoms with E-state index >= 15 is 0 Å². The van der Waals surface area contributed by atoms with Crippen LogP contribution in [0.5, 0.6) is 0 Å². The van der Waals surface area contributed by atoms with Gasteiger partial charge in [-0.15, -0.1) is 11.3 Å². The van der Waals surface area contributed by atoms with Crippen LogP contribution in [0, 0.1) is 12.8 Å². The van der Waals surface area contributed by atoms with Gasteiger partial charge in [0.1, 0.15) is 0 Å². The van der Waals surface area contributed by atoms with Crippen molar-refractivity contribution in [1.29, 1.82) is 0 Å². The summed E-state index contributed by atoms with van der Waals surface area (Å²) in [4.78, 5) is 4.42. The fraction of sp³-hybridized carbons (Fsp3) is 0.727. The Hall–Kier alpha value is -0.450. The normalized spacial score (nSPS) is 13.0. The van der Waals surface area contributed by atoms with Crippen LogP contribution < -0.4 is 11.1 Å². The number of thiazole rings is 1. The van der Waals surface area contributed by atoms with Crippen LogP contribution in [-0.2, 0) is 6.42 Å². The molecule has 3 N–H and O–H groups in total. The van der Waals surface area contributed by atoms with E-state index in [2.05, 4.69) is 22.6 Å². The van der Waals surface area contributed by atoms with E-state index in [-0.39, 0.29) is 0 Å². The van der Waals surface area contributed by atoms with Crippen LogP contribution in [-0.4, -0.2) is 24.6 Å². The molecular weight excluding hydrogens is 206 g/mol. The summed E-state index contributed by atoms with van der Waals surface area (Å²) in [6.45, 7) is 7.03. The van der Waals surface area contributed by atoms with Gasteiger partial charge < -0.3 is 11.1 Å². The molecule has 1 unspecified atom stereocenters. The molecule has 1 aromatic heterocycles. The second kappa shape index (κ2) is 6.93. The molecule has 86 valence electrons. The molecule has 0 fully saturated rings. The van der Waals surface area contributed by atoms with Crippen molar-refractivity contribution < 1.29 is 0 Å². The molecule has 1 aromatic rings. The van der Waals surface area contributed by atoms with Crippen LogP contribution in [0.25, 0.3) is 0 Å². The molecule has 1 atom stereocenters. The molecule has 0 saturated carbocycles. The van der Waals surface area contributed by atoms with Gasteiger partial charge in [-0.25, -0.2) is 4.98 Å². The number of nitrogens with one attached hydrogen (secondary N) is 1. The molecule has 0 amide bonds. The minimum Gasteiger partial charge on any atom is -0.330 e. The predicted octanol–water partition coefficient (Wildman–Crippen LogP) is 1.57. The minimum absolute atomic E-state index is 0.614. The molecule has 0 aromatic carbocycles. The highest BCUT2D eigenvalue weighted by atomic mass is 32.1. The summed E-state index contributed by atoms with van der Waals surface area (Å²) in [7, 11) is 0. The van der Waals surface area contributed by atoms with Gasteiger partial charge in [-0.1, -0.05) is 13.3 Å². The van der Waals surface area contributed by atoms with Gasteiger partial charge in [0.25, 0.3) is 0 Å². The monoisotopic (exact) mass is 227 g/mol. The van der Waals surface area contributed by atoms with E-state index in [9.17, 15) is 0 Å². The highest BCUT2D eigenvalue weighted by molar-refractivity contribution is 7.09. The topological polar surface area (TPSA) is 50.9 Å². The molecule has 0 radical (unpaired) electrons. The number of rotatable bonds is 7. The Labute approximate surface area is 96.1 Å². The average Bonchev–Trinajstić information content (AvgIpc) is 2.65. The molecule has 15 heavy (non-hydrogen) atoms. The molecule has 0 spiro atoms. The van der Waals surface area contributed by atoms with Gasteiger partial charge >= 0.3 is 0 Å². The van der Waals surface area contributed by atoms with E-state index in [4.69, 9.17) is 5.73 Å². The lowest BCUT2D eigenvalue weighted by Gasteiger charge is -2.12. The number of aryl methyl sites for hydroxylation is 1. The summed E-state index contributed by atoms with van der Waals surface area (Å²) in [5.74, 6) is 0.614. The van der Waals surface area contributed by atoms with Gasteiger partial charge in [-0.05, 0) is 25.9 Å². The summed E-state index contributed by atoms with van der Waals surface area (Å²) in [5, 5.41) is 6.76. The summed E-state index contributed by atoms with van der Waals surface area (Å²) in [6.07, 6.45) is 2.18. The maximum absolute atomic E-state index is 5.63. The fourth-order valence-electron chi connectivity index (χ4n) is 1.41. The third-order valence-electron chi connectivity index (χ3n) is 2.53. The number of aromatic nitrogens is 1. The Morgan fingerprint density at radius 3 is 2.93 bits per heavy atom. The van der Waals surface area contributed by atoms with Gasteiger partial charge in [0.2, 0.25) is 0 Å². The Kier molecular flexibility index (Phi) is 5.83. The van der Waals surface area contributed by atoms with Crippen molar-refractivity contribution in [3.63, 3.8) is 0 Å². The van der Waals surface area contributed by atoms with E-state index in [1.165, 1.54) is 5.01 Å². The van der Waals surface area contributed by atoms with Crippen LogP contribution in [0.2, 0.25) is 0 Å². The Bertz CT molecular complexity index is 269. The zero-order valence-corrected chi connectivity index (χ0v) is 10.4. The molecular formula is C11H21N3S. The SMILES string of the molecule is CCC(CN)CNCCc1nc(C)cs1. The summed E-state index contributed by atoms with van der Waals surface area (Å²) >= 11 is 1.74. The van der Waals surface area contributed by atoms with Crippen molar-refractivity contribution in [2.75, 3.05) is 19.6 Å². The van der Waals surface area contributed by atoms with E-state index in [1.807, 2.05) is 6.92 Å². The zero-order valence-electron chi connectivity index (χ0n) is 9.62. The first-order chi connectivity index (χ1) is 7.26. The van der Waals surface area contributed by atoms with E-state index in [0.29, 0.717) is 5.92 Å². The molecule has 0 bridgehead atoms. The first kappa shape index (κ1) is 12.6. The van der Waals surface area contributed by atoms with Gasteiger partial charge in [0.15, 0.2) is 0 Å². The Morgan fingerprint density at radius 1 is 1.60 bits per heavy atom. The smallest absolute Gasteiger partial charge is 0.0940 e. The van der Waals surface area contributed by atoms with Crippen LogP contribution in [0.1, 0.15) is 24.0 Å². The third kappa shape index (κ3) is 4.73. The van der Waals surface area contributed by atoms with Crippen LogP contribution in [0.15, 0.2) is 5.38 Å². The lowest BCUT2D eigenvalue weighted by molar-refractivity contribution is 0.473. The summed E-state index contributed by atoms with van der Waals surface area (Å²) in [5.41, 5.74) is 6.76. The largest absolute Gasteiger partial charge is 0.330 e. The van der Waals surface area contributed by atoms with Crippen molar-refractivity contribution in [3.8, 4) is 0 Å². The summed E-state index contributed by atoms with van der Waals surface area (Å²) < 4.78 is 0. The Balaban J connectivity index is 2.11. The third-order valence-corrected chi connectivity index (χ3v) is 3.55. The van der Waals surface area contributed by atoms with Crippen molar-refractivity contribution >= 4 is 11.3 Å². The molecule has 0 aliphatic carbocycles. The molecule has 1 heterocycles. The lowest BCUT2D eigenvalue weighted by atomic mass is 10.1. The van der Waals surface area contributed by atoms with Crippen molar-refractivity contribution in [3.05, 3.63) is 16.1 Å². The number of nitrogens with zero attached hydrogens (tertiary/aromatic N) is 1. The van der Waals surface area contributed by atoms with Crippen LogP contribution >= 0.6 is 11.3 Å². The molecule has 4 heteroatoms. The second-order valence-corrected chi connectivity index (χ2v) is 4.79. The molecule has 1 rings (SSSR count). The van der Waals surface area contributed by atoms with E-state index < -0.39 is 0 Å². The first-order valence-corrected chi connectivity index (χ1v) is 6.46. The zero-order chi connectivity index (χ0) is 11.1. The molecule has 0 aliphatic rings. The average molecular weight is 227 g/mol. The Morgan fingerprint density at radius 2 is 2.40 bits per heavy atom. The fourth-order valence-corrected chi connectivity index (χ4v) is 2.19. The van der Waals surface area contributed by atoms with Crippen LogP contribution in [0.3, 0.4) is 0 Å². The van der Waals surface area contributed by atoms with E-state index in [0.717, 1.165) is 38.2 Å². The minimum atomic E-state index is 0.614. The number of hydrogen-bond acceptors (Lipinski definition) is 4. The first-order valence-electron chi connectivity index (χ1n) is 5.58. The van der Waals surface area contributed by atoms with Crippen molar-refractivity contribution in [2.24, 2.45) is 11.7 Å². The standard InChI is InChI=1S/C11H21N3S/c1-3-10(6-12)7-13-5-4-11-14-9(2)8-15-11/h8,10,13H,3-7,12H2,1-2H3. The highest BCUT2D eigenvalue weighted by Gasteiger charge is 2.03. The predicted molar refractivity (Wildman–Crippen MR) is 66.3 cm³/mol. The van der Waals surface area contributed by atoms with Crippen molar-refractivity contribution in [2.45, 2.75) is 26.7 Å². The van der Waals surface area contributed by atoms with Gasteiger partial charge in [0, 0.05) is 24.0 Å². The molecule has 3 nitrogen and oxygen atoms in total. The van der Waals surface area contributed by atoms with Crippen molar-refractivity contribution in [1.82, 2.24) is 10.3 Å². The molecule has 0 saturated heterocycles. The second-order valence-electron chi connectivity index (χ2n) is 3.85. The number of hydrogen-bond donors (Lipinski definition) is 2. The van der Waals surface area contributed by atoms with Gasteiger partial charge in [-0.3, -0.25) is 0 Å². The van der Waals surface area contributed by atoms with Crippen LogP contribution in [0.4, 0.5) is 0 Å². The maximum Gasteiger partial charge on any atom is 0.0940 e. The highest BCUT2D eigenvalue weighted by Crippen LogP contribution is 2.08.